The fraction of sp³-hybridized carbons (Fsp3) is 0.350. The minimum atomic E-state index is -0.245. The van der Waals surface area contributed by atoms with Gasteiger partial charge in [-0.1, -0.05) is 18.2 Å². The molecule has 0 radical (unpaired) electrons. The smallest absolute Gasteiger partial charge is 0.224 e. The summed E-state index contributed by atoms with van der Waals surface area (Å²) < 4.78 is 24.5. The van der Waals surface area contributed by atoms with Gasteiger partial charge in [0.15, 0.2) is 0 Å². The minimum Gasteiger partial charge on any atom is -0.497 e. The van der Waals surface area contributed by atoms with Crippen LogP contribution in [0.3, 0.4) is 0 Å². The van der Waals surface area contributed by atoms with Crippen molar-refractivity contribution in [2.45, 2.75) is 25.3 Å². The van der Waals surface area contributed by atoms with Gasteiger partial charge in [0.25, 0.3) is 0 Å². The first-order valence-electron chi connectivity index (χ1n) is 8.32. The van der Waals surface area contributed by atoms with E-state index in [0.717, 1.165) is 5.56 Å². The predicted octanol–water partition coefficient (Wildman–Crippen LogP) is 3.82. The van der Waals surface area contributed by atoms with E-state index in [1.807, 2.05) is 25.1 Å². The van der Waals surface area contributed by atoms with Gasteiger partial charge >= 0.3 is 0 Å². The van der Waals surface area contributed by atoms with E-state index in [1.165, 1.54) is 6.07 Å². The first-order valence-corrected chi connectivity index (χ1v) is 8.32. The summed E-state index contributed by atoms with van der Waals surface area (Å²) in [4.78, 5) is 12.5. The molecule has 0 aromatic heterocycles. The molecule has 1 aliphatic rings. The third-order valence-electron chi connectivity index (χ3n) is 4.69. The Balaban J connectivity index is 1.69. The van der Waals surface area contributed by atoms with E-state index >= 15 is 0 Å². The number of carbonyl (C=O) groups is 1. The highest BCUT2D eigenvalue weighted by molar-refractivity contribution is 5.83. The number of hydrogen-bond acceptors (Lipinski definition) is 3. The van der Waals surface area contributed by atoms with Crippen molar-refractivity contribution in [1.29, 1.82) is 0 Å². The first-order chi connectivity index (χ1) is 12.0. The van der Waals surface area contributed by atoms with E-state index in [0.29, 0.717) is 23.5 Å². The van der Waals surface area contributed by atoms with Crippen LogP contribution in [0.4, 0.5) is 4.39 Å². The Morgan fingerprint density at radius 2 is 1.96 bits per heavy atom. The van der Waals surface area contributed by atoms with E-state index in [9.17, 15) is 9.18 Å². The summed E-state index contributed by atoms with van der Waals surface area (Å²) in [5.74, 6) is 0.857. The lowest BCUT2D eigenvalue weighted by Crippen LogP contribution is -2.28. The lowest BCUT2D eigenvalue weighted by atomic mass is 10.1. The molecule has 1 N–H and O–H groups in total. The molecule has 0 aliphatic heterocycles. The van der Waals surface area contributed by atoms with Gasteiger partial charge in [0.2, 0.25) is 5.91 Å². The molecule has 3 atom stereocenters. The summed E-state index contributed by atoms with van der Waals surface area (Å²) in [6.45, 7) is 1.90. The molecule has 3 rings (SSSR count). The van der Waals surface area contributed by atoms with Crippen molar-refractivity contribution in [2.24, 2.45) is 5.92 Å². The first kappa shape index (κ1) is 17.3. The number of methoxy groups -OCH3 is 2. The van der Waals surface area contributed by atoms with Crippen molar-refractivity contribution in [3.05, 3.63) is 59.4 Å². The quantitative estimate of drug-likeness (QED) is 0.867. The predicted molar refractivity (Wildman–Crippen MR) is 93.4 cm³/mol. The van der Waals surface area contributed by atoms with Gasteiger partial charge in [-0.15, -0.1) is 0 Å². The van der Waals surface area contributed by atoms with Gasteiger partial charge in [0.1, 0.15) is 17.3 Å². The average molecular weight is 343 g/mol. The molecule has 0 heterocycles. The van der Waals surface area contributed by atoms with Crippen LogP contribution in [0.2, 0.25) is 0 Å². The molecule has 1 aliphatic carbocycles. The number of nitrogens with one attached hydrogen (secondary N) is 1. The Labute approximate surface area is 147 Å². The zero-order chi connectivity index (χ0) is 18.0. The van der Waals surface area contributed by atoms with Gasteiger partial charge in [-0.25, -0.2) is 4.39 Å². The Morgan fingerprint density at radius 1 is 1.20 bits per heavy atom. The fourth-order valence-corrected chi connectivity index (χ4v) is 3.18. The number of halogens is 1. The third-order valence-corrected chi connectivity index (χ3v) is 4.69. The van der Waals surface area contributed by atoms with Crippen LogP contribution in [-0.4, -0.2) is 20.1 Å². The van der Waals surface area contributed by atoms with Crippen molar-refractivity contribution in [2.75, 3.05) is 14.2 Å². The second-order valence-electron chi connectivity index (χ2n) is 6.31. The van der Waals surface area contributed by atoms with Gasteiger partial charge in [-0.05, 0) is 49.1 Å². The molecule has 1 amide bonds. The minimum absolute atomic E-state index is 0.0411. The molecule has 132 valence electrons. The van der Waals surface area contributed by atoms with Gasteiger partial charge < -0.3 is 14.8 Å². The summed E-state index contributed by atoms with van der Waals surface area (Å²) in [6, 6.07) is 11.9. The van der Waals surface area contributed by atoms with Crippen LogP contribution in [0, 0.1) is 11.7 Å². The number of hydrogen-bond donors (Lipinski definition) is 1. The van der Waals surface area contributed by atoms with E-state index < -0.39 is 0 Å². The maximum Gasteiger partial charge on any atom is 0.224 e. The Kier molecular flexibility index (Phi) is 4.93. The lowest BCUT2D eigenvalue weighted by Gasteiger charge is -2.18. The molecule has 4 nitrogen and oxygen atoms in total. The normalized spacial score (nSPS) is 19.8. The van der Waals surface area contributed by atoms with Crippen molar-refractivity contribution >= 4 is 5.91 Å². The summed E-state index contributed by atoms with van der Waals surface area (Å²) in [5.41, 5.74) is 1.47. The van der Waals surface area contributed by atoms with Crippen molar-refractivity contribution < 1.29 is 18.7 Å². The van der Waals surface area contributed by atoms with Crippen LogP contribution in [0.25, 0.3) is 0 Å². The van der Waals surface area contributed by atoms with E-state index in [-0.39, 0.29) is 29.6 Å². The molecular formula is C20H22FNO3. The van der Waals surface area contributed by atoms with Gasteiger partial charge in [-0.3, -0.25) is 4.79 Å². The molecule has 0 spiro atoms. The second-order valence-corrected chi connectivity index (χ2v) is 6.31. The van der Waals surface area contributed by atoms with E-state index in [4.69, 9.17) is 9.47 Å². The monoisotopic (exact) mass is 343 g/mol. The molecule has 5 heteroatoms. The molecule has 0 bridgehead atoms. The summed E-state index contributed by atoms with van der Waals surface area (Å²) >= 11 is 0. The van der Waals surface area contributed by atoms with Gasteiger partial charge in [-0.2, -0.15) is 0 Å². The van der Waals surface area contributed by atoms with E-state index in [1.54, 1.807) is 32.4 Å². The van der Waals surface area contributed by atoms with Crippen LogP contribution in [-0.2, 0) is 4.79 Å². The summed E-state index contributed by atoms with van der Waals surface area (Å²) in [7, 11) is 3.19. The van der Waals surface area contributed by atoms with Gasteiger partial charge in [0, 0.05) is 11.5 Å². The molecule has 2 aromatic carbocycles. The topological polar surface area (TPSA) is 47.6 Å². The van der Waals surface area contributed by atoms with E-state index in [2.05, 4.69) is 5.32 Å². The average Bonchev–Trinajstić information content (AvgIpc) is 3.42. The van der Waals surface area contributed by atoms with Crippen LogP contribution < -0.4 is 14.8 Å². The second kappa shape index (κ2) is 7.13. The molecule has 0 saturated heterocycles. The zero-order valence-corrected chi connectivity index (χ0v) is 14.6. The molecule has 25 heavy (non-hydrogen) atoms. The van der Waals surface area contributed by atoms with Crippen molar-refractivity contribution in [1.82, 2.24) is 5.32 Å². The number of amides is 1. The van der Waals surface area contributed by atoms with Gasteiger partial charge in [0.05, 0.1) is 20.3 Å². The lowest BCUT2D eigenvalue weighted by molar-refractivity contribution is -0.123. The highest BCUT2D eigenvalue weighted by Crippen LogP contribution is 2.48. The number of benzene rings is 2. The third kappa shape index (κ3) is 3.60. The standard InChI is InChI=1S/C20H22FNO3/c1-12(15-10-13(24-2)8-9-19(15)25-3)22-20(23)17-11-16(17)14-6-4-5-7-18(14)21/h4-10,12,16-17H,11H2,1-3H3,(H,22,23). The van der Waals surface area contributed by atoms with Crippen LogP contribution >= 0.6 is 0 Å². The van der Waals surface area contributed by atoms with Crippen LogP contribution in [0.5, 0.6) is 11.5 Å². The van der Waals surface area contributed by atoms with Crippen LogP contribution in [0.15, 0.2) is 42.5 Å². The maximum absolute atomic E-state index is 13.9. The number of ether oxygens (including phenoxy) is 2. The summed E-state index contributed by atoms with van der Waals surface area (Å²) in [5, 5.41) is 3.01. The molecular weight excluding hydrogens is 321 g/mol. The molecule has 1 fully saturated rings. The molecule has 1 saturated carbocycles. The Bertz CT molecular complexity index is 777. The zero-order valence-electron chi connectivity index (χ0n) is 14.6. The Hall–Kier alpha value is -2.56. The highest BCUT2D eigenvalue weighted by atomic mass is 19.1. The fourth-order valence-electron chi connectivity index (χ4n) is 3.18. The maximum atomic E-state index is 13.9. The van der Waals surface area contributed by atoms with Crippen molar-refractivity contribution in [3.8, 4) is 11.5 Å². The SMILES string of the molecule is COc1ccc(OC)c(C(C)NC(=O)C2CC2c2ccccc2F)c1. The number of carbonyl (C=O) groups excluding carboxylic acids is 1. The molecule has 2 aromatic rings. The molecule has 3 unspecified atom stereocenters. The Morgan fingerprint density at radius 3 is 2.64 bits per heavy atom. The van der Waals surface area contributed by atoms with Crippen LogP contribution in [0.1, 0.15) is 36.4 Å². The summed E-state index contributed by atoms with van der Waals surface area (Å²) in [6.07, 6.45) is 0.675. The van der Waals surface area contributed by atoms with Crippen molar-refractivity contribution in [3.63, 3.8) is 0 Å². The largest absolute Gasteiger partial charge is 0.497 e. The number of rotatable bonds is 6. The highest BCUT2D eigenvalue weighted by Gasteiger charge is 2.45.